The molecule has 0 radical (unpaired) electrons. The Morgan fingerprint density at radius 3 is 2.67 bits per heavy atom. The summed E-state index contributed by atoms with van der Waals surface area (Å²) in [5.74, 6) is -2.53. The van der Waals surface area contributed by atoms with E-state index in [-0.39, 0.29) is 11.0 Å². The number of hydrogen-bond donors (Lipinski definition) is 1. The van der Waals surface area contributed by atoms with Gasteiger partial charge < -0.3 is 5.32 Å². The Morgan fingerprint density at radius 1 is 1.43 bits per heavy atom. The van der Waals surface area contributed by atoms with Gasteiger partial charge in [0, 0.05) is 24.1 Å². The molecule has 1 aromatic rings. The summed E-state index contributed by atoms with van der Waals surface area (Å²) in [6.45, 7) is 0.115. The molecule has 0 aromatic heterocycles. The van der Waals surface area contributed by atoms with Crippen LogP contribution >= 0.6 is 15.9 Å². The molecule has 9 heteroatoms. The molecule has 1 saturated heterocycles. The Bertz CT molecular complexity index is 658. The molecule has 1 unspecified atom stereocenters. The van der Waals surface area contributed by atoms with Crippen molar-refractivity contribution >= 4 is 31.9 Å². The normalized spacial score (nSPS) is 19.7. The number of nitrogens with zero attached hydrogens (tertiary/aromatic N) is 1. The fourth-order valence-corrected chi connectivity index (χ4v) is 5.12. The molecule has 116 valence electrons. The standard InChI is InChI=1S/C12H13BrF2N2O3S/c1-16-12(18)10-3-2-4-17(10)21(19,20)11-8(13)5-7(14)6-9(11)15/h5-6,10H,2-4H2,1H3,(H,16,18). The van der Waals surface area contributed by atoms with E-state index in [0.717, 1.165) is 10.4 Å². The van der Waals surface area contributed by atoms with Gasteiger partial charge in [-0.05, 0) is 34.8 Å². The van der Waals surface area contributed by atoms with Gasteiger partial charge in [0.15, 0.2) is 0 Å². The van der Waals surface area contributed by atoms with Gasteiger partial charge in [0.25, 0.3) is 0 Å². The maximum absolute atomic E-state index is 13.9. The van der Waals surface area contributed by atoms with Gasteiger partial charge in [-0.2, -0.15) is 4.31 Å². The second kappa shape index (κ2) is 5.98. The second-order valence-electron chi connectivity index (χ2n) is 4.59. The van der Waals surface area contributed by atoms with E-state index in [1.54, 1.807) is 0 Å². The van der Waals surface area contributed by atoms with E-state index in [9.17, 15) is 22.0 Å². The summed E-state index contributed by atoms with van der Waals surface area (Å²) in [6.07, 6.45) is 0.858. The molecular formula is C12H13BrF2N2O3S. The summed E-state index contributed by atoms with van der Waals surface area (Å²) in [4.78, 5) is 11.1. The van der Waals surface area contributed by atoms with Crippen molar-refractivity contribution in [1.29, 1.82) is 0 Å². The molecule has 0 saturated carbocycles. The summed E-state index contributed by atoms with van der Waals surface area (Å²) in [5, 5.41) is 2.39. The summed E-state index contributed by atoms with van der Waals surface area (Å²) >= 11 is 2.87. The van der Waals surface area contributed by atoms with Gasteiger partial charge in [0.2, 0.25) is 15.9 Å². The maximum Gasteiger partial charge on any atom is 0.247 e. The molecule has 1 amide bonds. The highest BCUT2D eigenvalue weighted by atomic mass is 79.9. The van der Waals surface area contributed by atoms with E-state index < -0.39 is 38.5 Å². The Hall–Kier alpha value is -1.06. The topological polar surface area (TPSA) is 66.5 Å². The molecule has 0 aliphatic carbocycles. The second-order valence-corrected chi connectivity index (χ2v) is 7.27. The first kappa shape index (κ1) is 16.3. The summed E-state index contributed by atoms with van der Waals surface area (Å²) in [6, 6.07) is 0.500. The monoisotopic (exact) mass is 382 g/mol. The third-order valence-corrected chi connectivity index (χ3v) is 6.16. The smallest absolute Gasteiger partial charge is 0.247 e. The minimum absolute atomic E-state index is 0.115. The number of halogens is 3. The number of likely N-dealkylation sites (N-methyl/N-ethyl adjacent to an activating group) is 1. The van der Waals surface area contributed by atoms with Crippen LogP contribution in [-0.4, -0.2) is 38.3 Å². The number of rotatable bonds is 3. The third-order valence-electron chi connectivity index (χ3n) is 3.28. The van der Waals surface area contributed by atoms with Gasteiger partial charge >= 0.3 is 0 Å². The van der Waals surface area contributed by atoms with Crippen LogP contribution in [0.5, 0.6) is 0 Å². The Kier molecular flexibility index (Phi) is 4.64. The zero-order valence-corrected chi connectivity index (χ0v) is 13.5. The highest BCUT2D eigenvalue weighted by Gasteiger charge is 2.41. The Balaban J connectivity index is 2.50. The van der Waals surface area contributed by atoms with Crippen molar-refractivity contribution in [2.24, 2.45) is 0 Å². The van der Waals surface area contributed by atoms with Crippen LogP contribution in [-0.2, 0) is 14.8 Å². The van der Waals surface area contributed by atoms with Crippen molar-refractivity contribution in [1.82, 2.24) is 9.62 Å². The van der Waals surface area contributed by atoms with Gasteiger partial charge in [-0.3, -0.25) is 4.79 Å². The van der Waals surface area contributed by atoms with Crippen LogP contribution in [0.4, 0.5) is 8.78 Å². The van der Waals surface area contributed by atoms with Crippen LogP contribution in [0.2, 0.25) is 0 Å². The predicted molar refractivity (Wildman–Crippen MR) is 75.0 cm³/mol. The summed E-state index contributed by atoms with van der Waals surface area (Å²) < 4.78 is 52.9. The fourth-order valence-electron chi connectivity index (χ4n) is 2.35. The third kappa shape index (κ3) is 2.95. The molecule has 1 aliphatic rings. The molecule has 21 heavy (non-hydrogen) atoms. The van der Waals surface area contributed by atoms with Crippen molar-refractivity contribution < 1.29 is 22.0 Å². The number of carbonyl (C=O) groups excluding carboxylic acids is 1. The van der Waals surface area contributed by atoms with Crippen molar-refractivity contribution in [3.05, 3.63) is 28.2 Å². The van der Waals surface area contributed by atoms with Crippen LogP contribution < -0.4 is 5.32 Å². The van der Waals surface area contributed by atoms with Crippen molar-refractivity contribution in [2.75, 3.05) is 13.6 Å². The van der Waals surface area contributed by atoms with E-state index in [2.05, 4.69) is 21.2 Å². The number of amides is 1. The highest BCUT2D eigenvalue weighted by molar-refractivity contribution is 9.10. The van der Waals surface area contributed by atoms with Crippen LogP contribution in [0.1, 0.15) is 12.8 Å². The van der Waals surface area contributed by atoms with Gasteiger partial charge in [0.1, 0.15) is 22.6 Å². The largest absolute Gasteiger partial charge is 0.358 e. The van der Waals surface area contributed by atoms with Gasteiger partial charge in [-0.1, -0.05) is 0 Å². The molecule has 1 N–H and O–H groups in total. The predicted octanol–water partition coefficient (Wildman–Crippen LogP) is 1.63. The Morgan fingerprint density at radius 2 is 2.10 bits per heavy atom. The molecule has 1 fully saturated rings. The lowest BCUT2D eigenvalue weighted by molar-refractivity contribution is -0.123. The number of hydrogen-bond acceptors (Lipinski definition) is 3. The summed E-state index contributed by atoms with van der Waals surface area (Å²) in [5.41, 5.74) is 0. The van der Waals surface area contributed by atoms with Gasteiger partial charge in [0.05, 0.1) is 0 Å². The lowest BCUT2D eigenvalue weighted by Crippen LogP contribution is -2.45. The zero-order chi connectivity index (χ0) is 15.8. The lowest BCUT2D eigenvalue weighted by atomic mass is 10.2. The van der Waals surface area contributed by atoms with Crippen LogP contribution in [0.15, 0.2) is 21.5 Å². The van der Waals surface area contributed by atoms with Crippen LogP contribution in [0.3, 0.4) is 0 Å². The molecular weight excluding hydrogens is 370 g/mol. The van der Waals surface area contributed by atoms with Crippen LogP contribution in [0.25, 0.3) is 0 Å². The zero-order valence-electron chi connectivity index (χ0n) is 11.1. The number of carbonyl (C=O) groups is 1. The quantitative estimate of drug-likeness (QED) is 0.863. The number of nitrogens with one attached hydrogen (secondary N) is 1. The first-order valence-corrected chi connectivity index (χ1v) is 8.40. The lowest BCUT2D eigenvalue weighted by Gasteiger charge is -2.23. The number of benzene rings is 1. The minimum atomic E-state index is -4.24. The molecule has 1 heterocycles. The van der Waals surface area contributed by atoms with E-state index in [1.807, 2.05) is 0 Å². The van der Waals surface area contributed by atoms with Crippen molar-refractivity contribution in [3.8, 4) is 0 Å². The summed E-state index contributed by atoms with van der Waals surface area (Å²) in [7, 11) is -2.83. The molecule has 5 nitrogen and oxygen atoms in total. The Labute approximate surface area is 129 Å². The average molecular weight is 383 g/mol. The van der Waals surface area contributed by atoms with E-state index >= 15 is 0 Å². The van der Waals surface area contributed by atoms with Crippen molar-refractivity contribution in [2.45, 2.75) is 23.8 Å². The van der Waals surface area contributed by atoms with E-state index in [0.29, 0.717) is 18.9 Å². The minimum Gasteiger partial charge on any atom is -0.358 e. The molecule has 0 bridgehead atoms. The molecule has 2 rings (SSSR count). The first-order valence-electron chi connectivity index (χ1n) is 6.17. The number of sulfonamides is 1. The average Bonchev–Trinajstić information content (AvgIpc) is 2.86. The van der Waals surface area contributed by atoms with Gasteiger partial charge in [-0.15, -0.1) is 0 Å². The molecule has 1 aliphatic heterocycles. The maximum atomic E-state index is 13.9. The van der Waals surface area contributed by atoms with Crippen molar-refractivity contribution in [3.63, 3.8) is 0 Å². The first-order chi connectivity index (χ1) is 9.78. The van der Waals surface area contributed by atoms with Crippen LogP contribution in [0, 0.1) is 11.6 Å². The highest BCUT2D eigenvalue weighted by Crippen LogP contribution is 2.32. The molecule has 0 spiro atoms. The SMILES string of the molecule is CNC(=O)C1CCCN1S(=O)(=O)c1c(F)cc(F)cc1Br. The van der Waals surface area contributed by atoms with Gasteiger partial charge in [-0.25, -0.2) is 17.2 Å². The van der Waals surface area contributed by atoms with E-state index in [4.69, 9.17) is 0 Å². The van der Waals surface area contributed by atoms with E-state index in [1.165, 1.54) is 7.05 Å². The molecule has 1 aromatic carbocycles. The molecule has 1 atom stereocenters. The fraction of sp³-hybridized carbons (Fsp3) is 0.417.